The van der Waals surface area contributed by atoms with Crippen LogP contribution in [-0.4, -0.2) is 23.4 Å². The molecule has 82 valence electrons. The second kappa shape index (κ2) is 4.60. The molecule has 3 heteroatoms. The number of hydrogen-bond acceptors (Lipinski definition) is 3. The van der Waals surface area contributed by atoms with Gasteiger partial charge in [0.1, 0.15) is 0 Å². The maximum absolute atomic E-state index is 8.90. The van der Waals surface area contributed by atoms with Crippen LogP contribution in [0, 0.1) is 5.92 Å². The molecule has 2 saturated carbocycles. The van der Waals surface area contributed by atoms with Crippen LogP contribution in [0.1, 0.15) is 45.4 Å². The van der Waals surface area contributed by atoms with Crippen molar-refractivity contribution in [3.05, 3.63) is 0 Å². The van der Waals surface area contributed by atoms with Crippen molar-refractivity contribution in [1.82, 2.24) is 5.48 Å². The minimum absolute atomic E-state index is 0.0231. The van der Waals surface area contributed by atoms with Crippen LogP contribution in [0.25, 0.3) is 0 Å². The standard InChI is InChI=1S/C6H12O.C5H9NO/c1-5-2-3-6(7)4-5;1-2-5-3-4(1)6-7-5/h5-7H,2-4H2,1H3;4-6H,1-3H2/t5-,6+;4-,5+/m00/s1. The van der Waals surface area contributed by atoms with Gasteiger partial charge in [-0.1, -0.05) is 6.92 Å². The second-order valence-corrected chi connectivity index (χ2v) is 4.94. The van der Waals surface area contributed by atoms with Crippen LogP contribution in [0.15, 0.2) is 0 Å². The normalized spacial score (nSPS) is 45.0. The summed E-state index contributed by atoms with van der Waals surface area (Å²) in [6.07, 6.45) is 7.71. The van der Waals surface area contributed by atoms with Crippen LogP contribution in [0.5, 0.6) is 0 Å². The quantitative estimate of drug-likeness (QED) is 0.623. The Bertz CT molecular complexity index is 160. The molecule has 2 N–H and O–H groups in total. The molecule has 0 unspecified atom stereocenters. The van der Waals surface area contributed by atoms with Crippen molar-refractivity contribution < 1.29 is 9.94 Å². The molecule has 3 nitrogen and oxygen atoms in total. The number of aliphatic hydroxyl groups is 1. The Labute approximate surface area is 85.8 Å². The molecule has 4 atom stereocenters. The number of nitrogens with one attached hydrogen (secondary N) is 1. The van der Waals surface area contributed by atoms with E-state index in [9.17, 15) is 0 Å². The number of aliphatic hydroxyl groups excluding tert-OH is 1. The van der Waals surface area contributed by atoms with E-state index >= 15 is 0 Å². The van der Waals surface area contributed by atoms with E-state index < -0.39 is 0 Å². The Morgan fingerprint density at radius 2 is 2.00 bits per heavy atom. The third-order valence-electron chi connectivity index (χ3n) is 3.45. The zero-order chi connectivity index (χ0) is 9.97. The molecule has 1 aliphatic heterocycles. The molecule has 0 amide bonds. The van der Waals surface area contributed by atoms with Crippen LogP contribution in [0.3, 0.4) is 0 Å². The summed E-state index contributed by atoms with van der Waals surface area (Å²) in [5, 5.41) is 8.90. The van der Waals surface area contributed by atoms with Gasteiger partial charge in [-0.25, -0.2) is 0 Å². The lowest BCUT2D eigenvalue weighted by Gasteiger charge is -2.08. The van der Waals surface area contributed by atoms with E-state index in [0.717, 1.165) is 18.8 Å². The Hall–Kier alpha value is -0.120. The van der Waals surface area contributed by atoms with Crippen molar-refractivity contribution in [3.8, 4) is 0 Å². The van der Waals surface area contributed by atoms with E-state index in [2.05, 4.69) is 12.4 Å². The van der Waals surface area contributed by atoms with Crippen LogP contribution < -0.4 is 5.48 Å². The van der Waals surface area contributed by atoms with E-state index in [4.69, 9.17) is 9.94 Å². The van der Waals surface area contributed by atoms with E-state index in [1.807, 2.05) is 0 Å². The molecular formula is C11H21NO2. The van der Waals surface area contributed by atoms with Crippen molar-refractivity contribution in [2.45, 2.75) is 63.7 Å². The van der Waals surface area contributed by atoms with Gasteiger partial charge in [0.25, 0.3) is 0 Å². The predicted molar refractivity (Wildman–Crippen MR) is 54.7 cm³/mol. The highest BCUT2D eigenvalue weighted by atomic mass is 16.7. The summed E-state index contributed by atoms with van der Waals surface area (Å²) in [6.45, 7) is 2.19. The van der Waals surface area contributed by atoms with Gasteiger partial charge in [0, 0.05) is 6.04 Å². The fraction of sp³-hybridized carbons (Fsp3) is 1.00. The number of rotatable bonds is 0. The highest BCUT2D eigenvalue weighted by Crippen LogP contribution is 2.26. The first-order valence-electron chi connectivity index (χ1n) is 5.83. The van der Waals surface area contributed by atoms with Crippen molar-refractivity contribution in [2.24, 2.45) is 5.92 Å². The fourth-order valence-corrected chi connectivity index (χ4v) is 2.52. The number of hydroxylamine groups is 1. The molecule has 1 heterocycles. The summed E-state index contributed by atoms with van der Waals surface area (Å²) in [5.74, 6) is 0.773. The zero-order valence-corrected chi connectivity index (χ0v) is 8.91. The first kappa shape index (κ1) is 10.4. The summed E-state index contributed by atoms with van der Waals surface area (Å²) in [6, 6.07) is 0.699. The molecule has 0 aromatic heterocycles. The molecule has 2 aliphatic carbocycles. The third kappa shape index (κ3) is 2.69. The Kier molecular flexibility index (Phi) is 3.42. The topological polar surface area (TPSA) is 41.5 Å². The van der Waals surface area contributed by atoms with Crippen molar-refractivity contribution in [3.63, 3.8) is 0 Å². The van der Waals surface area contributed by atoms with Gasteiger partial charge in [-0.15, -0.1) is 0 Å². The lowest BCUT2D eigenvalue weighted by molar-refractivity contribution is -0.000269. The highest BCUT2D eigenvalue weighted by Gasteiger charge is 2.31. The molecule has 2 bridgehead atoms. The molecule has 3 aliphatic rings. The van der Waals surface area contributed by atoms with E-state index in [1.165, 1.54) is 25.7 Å². The molecule has 0 aromatic carbocycles. The highest BCUT2D eigenvalue weighted by molar-refractivity contribution is 4.83. The van der Waals surface area contributed by atoms with Gasteiger partial charge in [0.2, 0.25) is 0 Å². The average molecular weight is 199 g/mol. The molecule has 0 spiro atoms. The summed E-state index contributed by atoms with van der Waals surface area (Å²) in [4.78, 5) is 5.10. The number of fused-ring (bicyclic) bond motifs is 2. The van der Waals surface area contributed by atoms with Crippen LogP contribution in [-0.2, 0) is 4.84 Å². The van der Waals surface area contributed by atoms with Crippen molar-refractivity contribution >= 4 is 0 Å². The first-order chi connectivity index (χ1) is 6.74. The Balaban J connectivity index is 0.000000107. The van der Waals surface area contributed by atoms with E-state index in [1.54, 1.807) is 0 Å². The van der Waals surface area contributed by atoms with Gasteiger partial charge < -0.3 is 5.11 Å². The summed E-state index contributed by atoms with van der Waals surface area (Å²) < 4.78 is 0. The SMILES string of the molecule is C1C[C@@H]2C[C@H]1NO2.C[C@H]1CC[C@@H](O)C1. The first-order valence-corrected chi connectivity index (χ1v) is 5.83. The maximum atomic E-state index is 8.90. The second-order valence-electron chi connectivity index (χ2n) is 4.94. The molecule has 1 saturated heterocycles. The van der Waals surface area contributed by atoms with Crippen molar-refractivity contribution in [2.75, 3.05) is 0 Å². The molecule has 14 heavy (non-hydrogen) atoms. The Morgan fingerprint density at radius 1 is 1.14 bits per heavy atom. The van der Waals surface area contributed by atoms with E-state index in [-0.39, 0.29) is 6.10 Å². The van der Waals surface area contributed by atoms with Crippen LogP contribution in [0.4, 0.5) is 0 Å². The molecule has 0 radical (unpaired) electrons. The minimum Gasteiger partial charge on any atom is -0.393 e. The van der Waals surface area contributed by atoms with Gasteiger partial charge in [-0.05, 0) is 44.4 Å². The lowest BCUT2D eigenvalue weighted by atomic mass is 10.1. The fourth-order valence-electron chi connectivity index (χ4n) is 2.52. The summed E-state index contributed by atoms with van der Waals surface area (Å²) >= 11 is 0. The molecule has 3 rings (SSSR count). The monoisotopic (exact) mass is 199 g/mol. The van der Waals surface area contributed by atoms with Gasteiger partial charge in [0.05, 0.1) is 12.2 Å². The summed E-state index contributed by atoms with van der Waals surface area (Å²) in [5.41, 5.74) is 2.96. The largest absolute Gasteiger partial charge is 0.393 e. The third-order valence-corrected chi connectivity index (χ3v) is 3.45. The van der Waals surface area contributed by atoms with Crippen molar-refractivity contribution in [1.29, 1.82) is 0 Å². The molecule has 0 aromatic rings. The zero-order valence-electron chi connectivity index (χ0n) is 8.91. The predicted octanol–water partition coefficient (Wildman–Crippen LogP) is 1.61. The van der Waals surface area contributed by atoms with Crippen LogP contribution in [0.2, 0.25) is 0 Å². The minimum atomic E-state index is 0.0231. The van der Waals surface area contributed by atoms with Gasteiger partial charge in [0.15, 0.2) is 0 Å². The smallest absolute Gasteiger partial charge is 0.0806 e. The van der Waals surface area contributed by atoms with Gasteiger partial charge in [-0.2, -0.15) is 5.48 Å². The van der Waals surface area contributed by atoms with E-state index in [0.29, 0.717) is 12.1 Å². The van der Waals surface area contributed by atoms with Gasteiger partial charge >= 0.3 is 0 Å². The van der Waals surface area contributed by atoms with Crippen LogP contribution >= 0.6 is 0 Å². The average Bonchev–Trinajstić information content (AvgIpc) is 2.84. The molecule has 3 fully saturated rings. The summed E-state index contributed by atoms with van der Waals surface area (Å²) in [7, 11) is 0. The number of hydrogen-bond donors (Lipinski definition) is 2. The Morgan fingerprint density at radius 3 is 2.14 bits per heavy atom. The lowest BCUT2D eigenvalue weighted by Crippen LogP contribution is -2.22. The molecular weight excluding hydrogens is 178 g/mol. The maximum Gasteiger partial charge on any atom is 0.0806 e. The van der Waals surface area contributed by atoms with Gasteiger partial charge in [-0.3, -0.25) is 4.84 Å².